The Balaban J connectivity index is 1.61. The first-order chi connectivity index (χ1) is 17.9. The second kappa shape index (κ2) is 9.19. The fourth-order valence-electron chi connectivity index (χ4n) is 5.38. The minimum Gasteiger partial charge on any atom is -0.363 e. The van der Waals surface area contributed by atoms with Crippen molar-refractivity contribution in [1.82, 2.24) is 19.9 Å². The van der Waals surface area contributed by atoms with E-state index in [0.29, 0.717) is 54.2 Å². The molecule has 2 aromatic heterocycles. The lowest BCUT2D eigenvalue weighted by Crippen LogP contribution is -2.53. The van der Waals surface area contributed by atoms with Crippen LogP contribution in [0.15, 0.2) is 41.3 Å². The van der Waals surface area contributed by atoms with E-state index in [1.807, 2.05) is 11.9 Å². The third kappa shape index (κ3) is 4.32. The number of pyridine rings is 1. The Morgan fingerprint density at radius 1 is 1.16 bits per heavy atom. The SMILES string of the molecule is Cc1nc(N[C@H](C)c2cccc(C(F)(F)F)c2F)c2c(n1)C1(CCN(C)C1)C(=O)N(c1ccc(=O)[nH]c1)C2. The Bertz CT molecular complexity index is 1450. The number of nitrogens with zero attached hydrogens (tertiary/aromatic N) is 4. The molecule has 2 N–H and O–H groups in total. The molecule has 1 aromatic carbocycles. The number of fused-ring (bicyclic) bond motifs is 2. The van der Waals surface area contributed by atoms with Gasteiger partial charge in [0.25, 0.3) is 0 Å². The number of aromatic nitrogens is 3. The fraction of sp³-hybridized carbons (Fsp3) is 0.385. The van der Waals surface area contributed by atoms with E-state index in [1.54, 1.807) is 24.8 Å². The number of aromatic amines is 1. The van der Waals surface area contributed by atoms with Crippen LogP contribution in [0.1, 0.15) is 47.6 Å². The number of alkyl halides is 3. The van der Waals surface area contributed by atoms with Gasteiger partial charge in [0.2, 0.25) is 11.5 Å². The number of carbonyl (C=O) groups is 1. The molecule has 1 amide bonds. The number of carbonyl (C=O) groups excluding carboxylic acids is 1. The van der Waals surface area contributed by atoms with Crippen molar-refractivity contribution in [2.75, 3.05) is 30.4 Å². The molecule has 12 heteroatoms. The van der Waals surface area contributed by atoms with Crippen LogP contribution >= 0.6 is 0 Å². The molecule has 1 unspecified atom stereocenters. The highest BCUT2D eigenvalue weighted by Crippen LogP contribution is 2.44. The third-order valence-corrected chi connectivity index (χ3v) is 7.24. The quantitative estimate of drug-likeness (QED) is 0.497. The van der Waals surface area contributed by atoms with Crippen LogP contribution in [0.5, 0.6) is 0 Å². The number of hydrogen-bond acceptors (Lipinski definition) is 6. The van der Waals surface area contributed by atoms with Gasteiger partial charge in [-0.25, -0.2) is 14.4 Å². The van der Waals surface area contributed by atoms with Gasteiger partial charge in [0, 0.05) is 29.9 Å². The molecule has 5 rings (SSSR count). The molecule has 0 radical (unpaired) electrons. The lowest BCUT2D eigenvalue weighted by atomic mass is 9.76. The van der Waals surface area contributed by atoms with Crippen LogP contribution in [0.2, 0.25) is 0 Å². The first-order valence-electron chi connectivity index (χ1n) is 12.1. The van der Waals surface area contributed by atoms with E-state index in [1.165, 1.54) is 24.4 Å². The zero-order valence-electron chi connectivity index (χ0n) is 21.0. The van der Waals surface area contributed by atoms with Crippen molar-refractivity contribution in [2.24, 2.45) is 0 Å². The summed E-state index contributed by atoms with van der Waals surface area (Å²) in [7, 11) is 1.91. The van der Waals surface area contributed by atoms with Gasteiger partial charge in [0.15, 0.2) is 0 Å². The van der Waals surface area contributed by atoms with Crippen LogP contribution < -0.4 is 15.8 Å². The highest BCUT2D eigenvalue weighted by molar-refractivity contribution is 6.03. The molecule has 8 nitrogen and oxygen atoms in total. The second-order valence-corrected chi connectivity index (χ2v) is 9.89. The highest BCUT2D eigenvalue weighted by atomic mass is 19.4. The van der Waals surface area contributed by atoms with Crippen molar-refractivity contribution in [3.63, 3.8) is 0 Å². The van der Waals surface area contributed by atoms with Crippen LogP contribution in [0.4, 0.5) is 29.1 Å². The minimum absolute atomic E-state index is 0.0616. The Morgan fingerprint density at radius 2 is 1.92 bits per heavy atom. The van der Waals surface area contributed by atoms with Crippen LogP contribution in [-0.4, -0.2) is 45.9 Å². The molecule has 200 valence electrons. The number of aryl methyl sites for hydroxylation is 1. The van der Waals surface area contributed by atoms with Crippen molar-refractivity contribution in [3.8, 4) is 0 Å². The fourth-order valence-corrected chi connectivity index (χ4v) is 5.38. The van der Waals surface area contributed by atoms with Gasteiger partial charge in [0.1, 0.15) is 22.9 Å². The molecule has 38 heavy (non-hydrogen) atoms. The Morgan fingerprint density at radius 3 is 2.55 bits per heavy atom. The zero-order chi connectivity index (χ0) is 27.4. The molecule has 0 bridgehead atoms. The van der Waals surface area contributed by atoms with Gasteiger partial charge in [0.05, 0.1) is 29.5 Å². The predicted octanol–water partition coefficient (Wildman–Crippen LogP) is 3.92. The number of H-pyrrole nitrogens is 1. The predicted molar refractivity (Wildman–Crippen MR) is 132 cm³/mol. The maximum atomic E-state index is 14.9. The third-order valence-electron chi connectivity index (χ3n) is 7.24. The van der Waals surface area contributed by atoms with E-state index in [9.17, 15) is 27.2 Å². The van der Waals surface area contributed by atoms with E-state index in [-0.39, 0.29) is 23.6 Å². The Kier molecular flexibility index (Phi) is 6.25. The molecule has 3 aromatic rings. The molecule has 1 saturated heterocycles. The summed E-state index contributed by atoms with van der Waals surface area (Å²) in [5, 5.41) is 3.09. The minimum atomic E-state index is -4.83. The monoisotopic (exact) mass is 530 g/mol. The number of anilines is 2. The molecule has 4 heterocycles. The van der Waals surface area contributed by atoms with Crippen molar-refractivity contribution in [3.05, 3.63) is 80.9 Å². The van der Waals surface area contributed by atoms with Gasteiger partial charge in [-0.1, -0.05) is 12.1 Å². The van der Waals surface area contributed by atoms with Crippen molar-refractivity contribution in [2.45, 2.75) is 44.4 Å². The normalized spacial score (nSPS) is 20.6. The van der Waals surface area contributed by atoms with Gasteiger partial charge < -0.3 is 20.1 Å². The molecule has 1 spiro atoms. The number of benzene rings is 1. The van der Waals surface area contributed by atoms with E-state index in [4.69, 9.17) is 0 Å². The first-order valence-corrected chi connectivity index (χ1v) is 12.1. The van der Waals surface area contributed by atoms with Crippen LogP contribution in [-0.2, 0) is 22.9 Å². The van der Waals surface area contributed by atoms with E-state index in [0.717, 1.165) is 0 Å². The average molecular weight is 531 g/mol. The van der Waals surface area contributed by atoms with Crippen molar-refractivity contribution in [1.29, 1.82) is 0 Å². The largest absolute Gasteiger partial charge is 0.419 e. The second-order valence-electron chi connectivity index (χ2n) is 9.89. The van der Waals surface area contributed by atoms with Crippen molar-refractivity contribution >= 4 is 17.4 Å². The summed E-state index contributed by atoms with van der Waals surface area (Å²) in [5.74, 6) is -0.823. The zero-order valence-corrected chi connectivity index (χ0v) is 21.0. The lowest BCUT2D eigenvalue weighted by Gasteiger charge is -2.40. The Labute approximate surface area is 215 Å². The number of hydrogen-bond donors (Lipinski definition) is 2. The van der Waals surface area contributed by atoms with Crippen LogP contribution in [0.3, 0.4) is 0 Å². The maximum absolute atomic E-state index is 14.9. The smallest absolute Gasteiger partial charge is 0.363 e. The van der Waals surface area contributed by atoms with Crippen LogP contribution in [0.25, 0.3) is 0 Å². The molecule has 2 aliphatic heterocycles. The number of rotatable bonds is 4. The van der Waals surface area contributed by atoms with Gasteiger partial charge in [-0.15, -0.1) is 0 Å². The summed E-state index contributed by atoms with van der Waals surface area (Å²) in [6.45, 7) is 4.35. The lowest BCUT2D eigenvalue weighted by molar-refractivity contribution is -0.140. The molecule has 2 aliphatic rings. The summed E-state index contributed by atoms with van der Waals surface area (Å²) in [4.78, 5) is 41.0. The topological polar surface area (TPSA) is 94.2 Å². The van der Waals surface area contributed by atoms with E-state index >= 15 is 0 Å². The van der Waals surface area contributed by atoms with Gasteiger partial charge >= 0.3 is 6.18 Å². The van der Waals surface area contributed by atoms with Gasteiger partial charge in [-0.3, -0.25) is 9.59 Å². The Hall–Kier alpha value is -3.80. The number of likely N-dealkylation sites (tertiary alicyclic amines) is 1. The summed E-state index contributed by atoms with van der Waals surface area (Å²) in [5.41, 5.74) is -1.16. The molecule has 0 aliphatic carbocycles. The van der Waals surface area contributed by atoms with Crippen LogP contribution in [0, 0.1) is 12.7 Å². The number of halogens is 4. The first kappa shape index (κ1) is 25.8. The molecular weight excluding hydrogens is 504 g/mol. The van der Waals surface area contributed by atoms with E-state index < -0.39 is 29.0 Å². The number of nitrogens with one attached hydrogen (secondary N) is 2. The van der Waals surface area contributed by atoms with Crippen molar-refractivity contribution < 1.29 is 22.4 Å². The van der Waals surface area contributed by atoms with Gasteiger partial charge in [-0.2, -0.15) is 13.2 Å². The summed E-state index contributed by atoms with van der Waals surface area (Å²) in [6, 6.07) is 5.17. The summed E-state index contributed by atoms with van der Waals surface area (Å²) in [6.07, 6.45) is -2.87. The number of amides is 1. The molecule has 1 fully saturated rings. The maximum Gasteiger partial charge on any atom is 0.419 e. The summed E-state index contributed by atoms with van der Waals surface area (Å²) < 4.78 is 54.9. The number of likely N-dealkylation sites (N-methyl/N-ethyl adjacent to an activating group) is 1. The average Bonchev–Trinajstić information content (AvgIpc) is 3.24. The molecule has 0 saturated carbocycles. The molecular formula is C26H26F4N6O2. The highest BCUT2D eigenvalue weighted by Gasteiger charge is 2.53. The summed E-state index contributed by atoms with van der Waals surface area (Å²) >= 11 is 0. The standard InChI is InChI=1S/C26H26F4N6O2/c1-14(17-5-4-6-19(21(17)27)26(28,29)30)32-23-18-12-36(16-7-8-20(37)31-11-16)24(38)25(9-10-35(3)13-25)22(18)33-15(2)34-23/h4-8,11,14H,9-10,12-13H2,1-3H3,(H,31,37)(H,32,33,34)/t14-,25?/m1/s1. The van der Waals surface area contributed by atoms with E-state index in [2.05, 4.69) is 20.3 Å². The molecule has 2 atom stereocenters. The van der Waals surface area contributed by atoms with Gasteiger partial charge in [-0.05, 0) is 46.0 Å².